The molecule has 0 saturated carbocycles. The Balaban J connectivity index is 2.39. The number of aliphatic hydroxyl groups is 1. The van der Waals surface area contributed by atoms with Crippen LogP contribution in [0.5, 0.6) is 11.5 Å². The van der Waals surface area contributed by atoms with Gasteiger partial charge in [-0.25, -0.2) is 0 Å². The third-order valence-corrected chi connectivity index (χ3v) is 6.95. The molecule has 2 rings (SSSR count). The smallest absolute Gasteiger partial charge is 0.325 e. The van der Waals surface area contributed by atoms with Crippen LogP contribution in [0.15, 0.2) is 48.5 Å². The molecule has 0 bridgehead atoms. The normalized spacial score (nSPS) is 15.1. The molecular formula is C30H43N4O8+. The van der Waals surface area contributed by atoms with Crippen LogP contribution >= 0.6 is 0 Å². The maximum atomic E-state index is 13.7. The highest BCUT2D eigenvalue weighted by Crippen LogP contribution is 2.17. The zero-order valence-corrected chi connectivity index (χ0v) is 24.9. The predicted molar refractivity (Wildman–Crippen MR) is 155 cm³/mol. The van der Waals surface area contributed by atoms with Crippen LogP contribution < -0.4 is 16.0 Å². The van der Waals surface area contributed by atoms with Crippen LogP contribution in [0.2, 0.25) is 0 Å². The van der Waals surface area contributed by atoms with Gasteiger partial charge in [-0.1, -0.05) is 38.1 Å². The van der Waals surface area contributed by atoms with Gasteiger partial charge in [-0.2, -0.15) is 0 Å². The number of carboxylic acid groups (broad SMARTS) is 1. The van der Waals surface area contributed by atoms with E-state index in [1.807, 2.05) is 21.1 Å². The molecule has 12 heteroatoms. The number of aromatic hydroxyl groups is 2. The number of benzene rings is 2. The fourth-order valence-electron chi connectivity index (χ4n) is 4.23. The zero-order chi connectivity index (χ0) is 31.8. The van der Waals surface area contributed by atoms with Crippen molar-refractivity contribution in [2.45, 2.75) is 63.9 Å². The van der Waals surface area contributed by atoms with Gasteiger partial charge in [0.25, 0.3) is 5.91 Å². The van der Waals surface area contributed by atoms with Crippen LogP contribution in [0.4, 0.5) is 0 Å². The van der Waals surface area contributed by atoms with Gasteiger partial charge in [0.2, 0.25) is 11.8 Å². The van der Waals surface area contributed by atoms with E-state index in [4.69, 9.17) is 0 Å². The van der Waals surface area contributed by atoms with Crippen LogP contribution in [0.3, 0.4) is 0 Å². The summed E-state index contributed by atoms with van der Waals surface area (Å²) < 4.78 is 0.213. The molecule has 3 amide bonds. The Hall–Kier alpha value is -4.16. The minimum Gasteiger partial charge on any atom is -0.508 e. The molecule has 7 N–H and O–H groups in total. The lowest BCUT2D eigenvalue weighted by Gasteiger charge is -2.34. The van der Waals surface area contributed by atoms with E-state index in [1.54, 1.807) is 38.1 Å². The van der Waals surface area contributed by atoms with E-state index < -0.39 is 59.9 Å². The molecule has 0 aliphatic carbocycles. The topological polar surface area (TPSA) is 185 Å². The summed E-state index contributed by atoms with van der Waals surface area (Å²) in [6, 6.07) is 7.93. The first-order valence-electron chi connectivity index (χ1n) is 13.7. The number of nitrogens with one attached hydrogen (secondary N) is 3. The maximum absolute atomic E-state index is 13.7. The number of phenols is 2. The first kappa shape index (κ1) is 34.0. The number of likely N-dealkylation sites (N-methyl/N-ethyl adjacent to an activating group) is 1. The zero-order valence-electron chi connectivity index (χ0n) is 24.9. The first-order chi connectivity index (χ1) is 19.5. The van der Waals surface area contributed by atoms with Crippen molar-refractivity contribution >= 4 is 23.7 Å². The van der Waals surface area contributed by atoms with Gasteiger partial charge in [0, 0.05) is 12.8 Å². The Morgan fingerprint density at radius 3 is 1.62 bits per heavy atom. The summed E-state index contributed by atoms with van der Waals surface area (Å²) in [7, 11) is 5.51. The molecule has 12 nitrogen and oxygen atoms in total. The Bertz CT molecular complexity index is 1230. The average molecular weight is 588 g/mol. The molecule has 0 radical (unpaired) electrons. The van der Waals surface area contributed by atoms with Gasteiger partial charge >= 0.3 is 5.97 Å². The number of phenolic OH excluding ortho intramolecular Hbond substituents is 2. The number of nitrogens with zero attached hydrogens (tertiary/aromatic N) is 1. The Morgan fingerprint density at radius 1 is 0.714 bits per heavy atom. The van der Waals surface area contributed by atoms with Gasteiger partial charge in [0.15, 0.2) is 6.04 Å². The molecule has 0 aliphatic rings. The SMILES string of the molecule is CC(C)C(O)C(NC(=O)[C@H](Cc1ccc(O)cc1)NC(=O)C(Cc1ccc(O)cc1)[N+](C)(C)C)C(=O)N[C@@H](C)C(=O)O. The van der Waals surface area contributed by atoms with E-state index in [9.17, 15) is 39.6 Å². The number of carbonyl (C=O) groups is 4. The van der Waals surface area contributed by atoms with E-state index in [2.05, 4.69) is 16.0 Å². The van der Waals surface area contributed by atoms with Crippen molar-refractivity contribution in [3.63, 3.8) is 0 Å². The minimum absolute atomic E-state index is 0.00142. The summed E-state index contributed by atoms with van der Waals surface area (Å²) in [5.74, 6) is -3.74. The van der Waals surface area contributed by atoms with E-state index >= 15 is 0 Å². The van der Waals surface area contributed by atoms with E-state index in [0.717, 1.165) is 5.56 Å². The number of aliphatic hydroxyl groups excluding tert-OH is 1. The Kier molecular flexibility index (Phi) is 11.9. The van der Waals surface area contributed by atoms with Gasteiger partial charge in [-0.05, 0) is 48.2 Å². The standard InChI is InChI=1S/C30H42N4O8/c1-17(2)26(37)25(29(40)31-18(3)30(41)42)33-27(38)23(15-19-7-11-21(35)12-8-19)32-28(39)24(34(4,5)6)16-20-9-13-22(36)14-10-20/h7-14,17-18,23-26,37H,15-16H2,1-6H3,(H5-,31,32,33,35,36,38,39,40,41,42)/p+1/t18-,23-,24?,25?,26?/m0/s1. The van der Waals surface area contributed by atoms with Crippen LogP contribution in [0, 0.1) is 5.92 Å². The third kappa shape index (κ3) is 10.0. The molecule has 0 aromatic heterocycles. The maximum Gasteiger partial charge on any atom is 0.325 e. The number of rotatable bonds is 14. The molecule has 0 heterocycles. The molecule has 0 spiro atoms. The highest BCUT2D eigenvalue weighted by molar-refractivity contribution is 5.94. The number of aliphatic carboxylic acids is 1. The summed E-state index contributed by atoms with van der Waals surface area (Å²) in [4.78, 5) is 51.6. The summed E-state index contributed by atoms with van der Waals surface area (Å²) in [6.07, 6.45) is -1.06. The highest BCUT2D eigenvalue weighted by Gasteiger charge is 2.37. The first-order valence-corrected chi connectivity index (χ1v) is 13.7. The van der Waals surface area contributed by atoms with Crippen molar-refractivity contribution in [1.82, 2.24) is 16.0 Å². The van der Waals surface area contributed by atoms with Gasteiger partial charge < -0.3 is 40.9 Å². The molecule has 0 saturated heterocycles. The highest BCUT2D eigenvalue weighted by atomic mass is 16.4. The van der Waals surface area contributed by atoms with Crippen molar-refractivity contribution < 1.29 is 44.1 Å². The molecule has 2 aromatic rings. The van der Waals surface area contributed by atoms with Gasteiger partial charge in [-0.3, -0.25) is 19.2 Å². The fourth-order valence-corrected chi connectivity index (χ4v) is 4.23. The van der Waals surface area contributed by atoms with Crippen LogP contribution in [0.25, 0.3) is 0 Å². The number of quaternary nitrogens is 1. The second-order valence-corrected chi connectivity index (χ2v) is 11.7. The van der Waals surface area contributed by atoms with Crippen molar-refractivity contribution in [2.75, 3.05) is 21.1 Å². The Labute approximate surface area is 245 Å². The number of amides is 3. The van der Waals surface area contributed by atoms with Crippen molar-refractivity contribution in [3.8, 4) is 11.5 Å². The number of carboxylic acids is 1. The van der Waals surface area contributed by atoms with E-state index in [1.165, 1.54) is 31.2 Å². The van der Waals surface area contributed by atoms with E-state index in [-0.39, 0.29) is 22.4 Å². The van der Waals surface area contributed by atoms with Crippen LogP contribution in [0.1, 0.15) is 31.9 Å². The van der Waals surface area contributed by atoms with Crippen LogP contribution in [-0.2, 0) is 32.0 Å². The number of carbonyl (C=O) groups excluding carboxylic acids is 3. The second kappa shape index (κ2) is 14.6. The molecule has 0 fully saturated rings. The lowest BCUT2D eigenvalue weighted by Crippen LogP contribution is -2.62. The lowest BCUT2D eigenvalue weighted by atomic mass is 9.97. The summed E-state index contributed by atoms with van der Waals surface area (Å²) >= 11 is 0. The summed E-state index contributed by atoms with van der Waals surface area (Å²) in [6.45, 7) is 4.54. The van der Waals surface area contributed by atoms with Crippen molar-refractivity contribution in [1.29, 1.82) is 0 Å². The second-order valence-electron chi connectivity index (χ2n) is 11.7. The molecular weight excluding hydrogens is 544 g/mol. The van der Waals surface area contributed by atoms with Crippen molar-refractivity contribution in [2.24, 2.45) is 5.92 Å². The molecule has 2 aromatic carbocycles. The third-order valence-electron chi connectivity index (χ3n) is 6.95. The molecule has 42 heavy (non-hydrogen) atoms. The number of hydrogen-bond acceptors (Lipinski definition) is 7. The quantitative estimate of drug-likeness (QED) is 0.156. The van der Waals surface area contributed by atoms with Crippen molar-refractivity contribution in [3.05, 3.63) is 59.7 Å². The minimum atomic E-state index is -1.50. The summed E-state index contributed by atoms with van der Waals surface area (Å²) in [5.41, 5.74) is 1.41. The van der Waals surface area contributed by atoms with Gasteiger partial charge in [0.05, 0.1) is 27.2 Å². The summed E-state index contributed by atoms with van der Waals surface area (Å²) in [5, 5.41) is 46.9. The van der Waals surface area contributed by atoms with Gasteiger partial charge in [0.1, 0.15) is 29.6 Å². The molecule has 230 valence electrons. The molecule has 5 atom stereocenters. The number of hydrogen-bond donors (Lipinski definition) is 7. The largest absolute Gasteiger partial charge is 0.508 e. The average Bonchev–Trinajstić information content (AvgIpc) is 2.90. The Morgan fingerprint density at radius 2 is 1.19 bits per heavy atom. The fraction of sp³-hybridized carbons (Fsp3) is 0.467. The van der Waals surface area contributed by atoms with Gasteiger partial charge in [-0.15, -0.1) is 0 Å². The molecule has 0 aliphatic heterocycles. The monoisotopic (exact) mass is 587 g/mol. The van der Waals surface area contributed by atoms with Crippen LogP contribution in [-0.4, -0.2) is 100 Å². The van der Waals surface area contributed by atoms with E-state index in [0.29, 0.717) is 12.0 Å². The predicted octanol–water partition coefficient (Wildman–Crippen LogP) is 0.534. The lowest BCUT2D eigenvalue weighted by molar-refractivity contribution is -0.886. The molecule has 3 unspecified atom stereocenters.